The zero-order valence-electron chi connectivity index (χ0n) is 13.6. The van der Waals surface area contributed by atoms with E-state index in [0.717, 1.165) is 24.4 Å². The molecule has 0 aromatic heterocycles. The molecule has 4 heteroatoms. The third-order valence-corrected chi connectivity index (χ3v) is 2.86. The molecule has 0 saturated carbocycles. The van der Waals surface area contributed by atoms with E-state index in [2.05, 4.69) is 44.4 Å². The number of carbonyl (C=O) groups excluding carboxylic acids is 1. The predicted octanol–water partition coefficient (Wildman–Crippen LogP) is 2.58. The zero-order chi connectivity index (χ0) is 15.7. The number of amides is 1. The molecule has 0 bridgehead atoms. The second-order valence-electron chi connectivity index (χ2n) is 6.16. The summed E-state index contributed by atoms with van der Waals surface area (Å²) in [6, 6.07) is 7.86. The molecular formula is C17H28N2O2. The van der Waals surface area contributed by atoms with Gasteiger partial charge >= 0.3 is 0 Å². The average molecular weight is 292 g/mol. The Morgan fingerprint density at radius 1 is 1.14 bits per heavy atom. The minimum Gasteiger partial charge on any atom is -0.484 e. The van der Waals surface area contributed by atoms with Crippen LogP contribution in [0.25, 0.3) is 0 Å². The van der Waals surface area contributed by atoms with Crippen molar-refractivity contribution in [2.24, 2.45) is 11.8 Å². The smallest absolute Gasteiger partial charge is 0.257 e. The molecule has 0 atom stereocenters. The van der Waals surface area contributed by atoms with Crippen molar-refractivity contribution in [3.05, 3.63) is 29.8 Å². The van der Waals surface area contributed by atoms with Crippen molar-refractivity contribution in [3.63, 3.8) is 0 Å². The zero-order valence-corrected chi connectivity index (χ0v) is 13.6. The highest BCUT2D eigenvalue weighted by Crippen LogP contribution is 2.13. The van der Waals surface area contributed by atoms with Crippen LogP contribution in [-0.4, -0.2) is 25.6 Å². The van der Waals surface area contributed by atoms with Gasteiger partial charge in [0.25, 0.3) is 5.91 Å². The van der Waals surface area contributed by atoms with Crippen molar-refractivity contribution >= 4 is 5.91 Å². The maximum atomic E-state index is 11.6. The summed E-state index contributed by atoms with van der Waals surface area (Å²) in [5, 5.41) is 6.23. The molecule has 0 radical (unpaired) electrons. The van der Waals surface area contributed by atoms with Crippen LogP contribution in [0.3, 0.4) is 0 Å². The van der Waals surface area contributed by atoms with Crippen molar-refractivity contribution in [3.8, 4) is 5.75 Å². The van der Waals surface area contributed by atoms with Crippen LogP contribution in [0, 0.1) is 11.8 Å². The van der Waals surface area contributed by atoms with Crippen molar-refractivity contribution in [2.45, 2.75) is 34.2 Å². The topological polar surface area (TPSA) is 50.4 Å². The molecule has 118 valence electrons. The third-order valence-electron chi connectivity index (χ3n) is 2.86. The molecule has 0 saturated heterocycles. The lowest BCUT2D eigenvalue weighted by molar-refractivity contribution is -0.123. The summed E-state index contributed by atoms with van der Waals surface area (Å²) in [5.41, 5.74) is 1.16. The van der Waals surface area contributed by atoms with Gasteiger partial charge in [-0.2, -0.15) is 0 Å². The third kappa shape index (κ3) is 8.35. The number of ether oxygens (including phenoxy) is 1. The van der Waals surface area contributed by atoms with Crippen LogP contribution >= 0.6 is 0 Å². The Kier molecular flexibility index (Phi) is 7.83. The highest BCUT2D eigenvalue weighted by atomic mass is 16.5. The normalized spacial score (nSPS) is 11.0. The van der Waals surface area contributed by atoms with E-state index in [1.54, 1.807) is 0 Å². The Balaban J connectivity index is 2.36. The van der Waals surface area contributed by atoms with Crippen molar-refractivity contribution in [2.75, 3.05) is 19.7 Å². The van der Waals surface area contributed by atoms with Gasteiger partial charge in [-0.15, -0.1) is 0 Å². The molecule has 2 N–H and O–H groups in total. The molecule has 0 aliphatic heterocycles. The lowest BCUT2D eigenvalue weighted by Gasteiger charge is -2.11. The van der Waals surface area contributed by atoms with Gasteiger partial charge in [-0.25, -0.2) is 0 Å². The summed E-state index contributed by atoms with van der Waals surface area (Å²) in [6.45, 7) is 11.0. The molecule has 1 aromatic carbocycles. The first-order chi connectivity index (χ1) is 9.97. The Morgan fingerprint density at radius 3 is 2.52 bits per heavy atom. The minimum absolute atomic E-state index is 0.0651. The fourth-order valence-electron chi connectivity index (χ4n) is 1.77. The average Bonchev–Trinajstić information content (AvgIpc) is 2.43. The van der Waals surface area contributed by atoms with Gasteiger partial charge in [0, 0.05) is 13.1 Å². The Bertz CT molecular complexity index is 431. The van der Waals surface area contributed by atoms with Gasteiger partial charge in [-0.3, -0.25) is 4.79 Å². The van der Waals surface area contributed by atoms with Crippen molar-refractivity contribution in [1.29, 1.82) is 0 Å². The van der Waals surface area contributed by atoms with E-state index in [9.17, 15) is 4.79 Å². The summed E-state index contributed by atoms with van der Waals surface area (Å²) >= 11 is 0. The summed E-state index contributed by atoms with van der Waals surface area (Å²) in [7, 11) is 0. The second-order valence-corrected chi connectivity index (χ2v) is 6.16. The SMILES string of the molecule is CC(C)CNCc1cccc(OCC(=O)NCC(C)C)c1. The maximum absolute atomic E-state index is 11.6. The van der Waals surface area contributed by atoms with E-state index in [1.165, 1.54) is 0 Å². The fraction of sp³-hybridized carbons (Fsp3) is 0.588. The van der Waals surface area contributed by atoms with Crippen molar-refractivity contribution in [1.82, 2.24) is 10.6 Å². The maximum Gasteiger partial charge on any atom is 0.257 e. The molecule has 1 aromatic rings. The number of hydrogen-bond acceptors (Lipinski definition) is 3. The van der Waals surface area contributed by atoms with Gasteiger partial charge in [0.15, 0.2) is 6.61 Å². The minimum atomic E-state index is -0.0768. The first-order valence-electron chi connectivity index (χ1n) is 7.66. The standard InChI is InChI=1S/C17H28N2O2/c1-13(2)9-18-11-15-6-5-7-16(8-15)21-12-17(20)19-10-14(3)4/h5-8,13-14,18H,9-12H2,1-4H3,(H,19,20). The van der Waals surface area contributed by atoms with Crippen LogP contribution in [0.2, 0.25) is 0 Å². The van der Waals surface area contributed by atoms with Crippen LogP contribution in [0.4, 0.5) is 0 Å². The lowest BCUT2D eigenvalue weighted by Crippen LogP contribution is -2.31. The predicted molar refractivity (Wildman–Crippen MR) is 86.3 cm³/mol. The van der Waals surface area contributed by atoms with E-state index < -0.39 is 0 Å². The lowest BCUT2D eigenvalue weighted by atomic mass is 10.2. The summed E-state index contributed by atoms with van der Waals surface area (Å²) in [5.74, 6) is 1.74. The molecule has 0 spiro atoms. The Morgan fingerprint density at radius 2 is 1.86 bits per heavy atom. The Hall–Kier alpha value is -1.55. The van der Waals surface area contributed by atoms with E-state index in [4.69, 9.17) is 4.74 Å². The summed E-state index contributed by atoms with van der Waals surface area (Å²) in [4.78, 5) is 11.6. The van der Waals surface area contributed by atoms with Crippen molar-refractivity contribution < 1.29 is 9.53 Å². The molecule has 0 aliphatic carbocycles. The first-order valence-corrected chi connectivity index (χ1v) is 7.66. The molecule has 4 nitrogen and oxygen atoms in total. The number of hydrogen-bond donors (Lipinski definition) is 2. The van der Waals surface area contributed by atoms with Gasteiger partial charge in [0.1, 0.15) is 5.75 Å². The van der Waals surface area contributed by atoms with Gasteiger partial charge in [0.05, 0.1) is 0 Å². The van der Waals surface area contributed by atoms with Gasteiger partial charge < -0.3 is 15.4 Å². The quantitative estimate of drug-likeness (QED) is 0.735. The number of rotatable bonds is 9. The van der Waals surface area contributed by atoms with Crippen LogP contribution in [-0.2, 0) is 11.3 Å². The monoisotopic (exact) mass is 292 g/mol. The van der Waals surface area contributed by atoms with Gasteiger partial charge in [0.2, 0.25) is 0 Å². The molecule has 0 unspecified atom stereocenters. The van der Waals surface area contributed by atoms with Gasteiger partial charge in [-0.05, 0) is 36.1 Å². The Labute approximate surface area is 128 Å². The fourth-order valence-corrected chi connectivity index (χ4v) is 1.77. The van der Waals surface area contributed by atoms with E-state index >= 15 is 0 Å². The molecule has 0 fully saturated rings. The highest BCUT2D eigenvalue weighted by molar-refractivity contribution is 5.77. The first kappa shape index (κ1) is 17.5. The van der Waals surface area contributed by atoms with Gasteiger partial charge in [-0.1, -0.05) is 39.8 Å². The highest BCUT2D eigenvalue weighted by Gasteiger charge is 2.04. The van der Waals surface area contributed by atoms with Crippen LogP contribution < -0.4 is 15.4 Å². The van der Waals surface area contributed by atoms with E-state index in [-0.39, 0.29) is 12.5 Å². The largest absolute Gasteiger partial charge is 0.484 e. The molecule has 0 heterocycles. The van der Waals surface area contributed by atoms with Crippen LogP contribution in [0.1, 0.15) is 33.3 Å². The van der Waals surface area contributed by atoms with Crippen LogP contribution in [0.5, 0.6) is 5.75 Å². The second kappa shape index (κ2) is 9.40. The summed E-state index contributed by atoms with van der Waals surface area (Å²) < 4.78 is 5.53. The van der Waals surface area contributed by atoms with Crippen LogP contribution in [0.15, 0.2) is 24.3 Å². The number of carbonyl (C=O) groups is 1. The van der Waals surface area contributed by atoms with E-state index in [0.29, 0.717) is 18.4 Å². The molecule has 1 amide bonds. The molecule has 21 heavy (non-hydrogen) atoms. The number of benzene rings is 1. The summed E-state index contributed by atoms with van der Waals surface area (Å²) in [6.07, 6.45) is 0. The van der Waals surface area contributed by atoms with E-state index in [1.807, 2.05) is 18.2 Å². The molecule has 0 aliphatic rings. The molecule has 1 rings (SSSR count). The molecular weight excluding hydrogens is 264 g/mol. The number of nitrogens with one attached hydrogen (secondary N) is 2.